The van der Waals surface area contributed by atoms with Crippen molar-refractivity contribution >= 4 is 55.7 Å². The molecule has 0 unspecified atom stereocenters. The SMILES string of the molecule is O=c1c2[nH]c3ccc(Br)cc3c2ncn1/N=C/c1cccc(Cl)c1. The molecule has 2 aromatic heterocycles. The number of hydrogen-bond acceptors (Lipinski definition) is 3. The molecule has 1 N–H and O–H groups in total. The number of hydrogen-bond donors (Lipinski definition) is 1. The zero-order chi connectivity index (χ0) is 16.7. The monoisotopic (exact) mass is 400 g/mol. The average molecular weight is 402 g/mol. The first-order chi connectivity index (χ1) is 11.6. The first-order valence-corrected chi connectivity index (χ1v) is 8.27. The Morgan fingerprint density at radius 1 is 1.25 bits per heavy atom. The van der Waals surface area contributed by atoms with E-state index in [0.29, 0.717) is 16.1 Å². The van der Waals surface area contributed by atoms with Gasteiger partial charge in [0.15, 0.2) is 0 Å². The summed E-state index contributed by atoms with van der Waals surface area (Å²) in [4.78, 5) is 20.1. The number of aromatic amines is 1. The molecule has 0 saturated heterocycles. The van der Waals surface area contributed by atoms with E-state index >= 15 is 0 Å². The van der Waals surface area contributed by atoms with Crippen LogP contribution in [-0.2, 0) is 0 Å². The number of aromatic nitrogens is 3. The summed E-state index contributed by atoms with van der Waals surface area (Å²) in [7, 11) is 0. The summed E-state index contributed by atoms with van der Waals surface area (Å²) in [5, 5.41) is 5.69. The lowest BCUT2D eigenvalue weighted by Crippen LogP contribution is -2.17. The van der Waals surface area contributed by atoms with Gasteiger partial charge in [-0.25, -0.2) is 4.98 Å². The van der Waals surface area contributed by atoms with E-state index in [1.807, 2.05) is 30.3 Å². The van der Waals surface area contributed by atoms with Crippen molar-refractivity contribution in [1.29, 1.82) is 0 Å². The van der Waals surface area contributed by atoms with E-state index in [1.165, 1.54) is 11.0 Å². The number of rotatable bonds is 2. The molecule has 0 fully saturated rings. The number of nitrogens with one attached hydrogen (secondary N) is 1. The smallest absolute Gasteiger partial charge is 0.298 e. The van der Waals surface area contributed by atoms with Crippen molar-refractivity contribution in [3.05, 3.63) is 74.2 Å². The third-order valence-corrected chi connectivity index (χ3v) is 4.36. The van der Waals surface area contributed by atoms with Crippen LogP contribution in [0.15, 0.2) is 63.2 Å². The van der Waals surface area contributed by atoms with Gasteiger partial charge in [-0.2, -0.15) is 9.78 Å². The van der Waals surface area contributed by atoms with Gasteiger partial charge in [0.25, 0.3) is 5.56 Å². The molecule has 5 nitrogen and oxygen atoms in total. The minimum absolute atomic E-state index is 0.259. The standard InChI is InChI=1S/C17H10BrClN4O/c18-11-4-5-14-13(7-11)15-16(22-14)17(24)23(9-20-15)21-8-10-2-1-3-12(19)6-10/h1-9,22H/b21-8+. The zero-order valence-corrected chi connectivity index (χ0v) is 14.5. The second-order valence-electron chi connectivity index (χ2n) is 5.23. The van der Waals surface area contributed by atoms with Crippen molar-refractivity contribution in [3.8, 4) is 0 Å². The Bertz CT molecular complexity index is 1160. The Kier molecular flexibility index (Phi) is 3.70. The topological polar surface area (TPSA) is 63.0 Å². The van der Waals surface area contributed by atoms with Gasteiger partial charge in [0.1, 0.15) is 17.4 Å². The summed E-state index contributed by atoms with van der Waals surface area (Å²) in [6.07, 6.45) is 2.99. The molecule has 118 valence electrons. The van der Waals surface area contributed by atoms with Crippen LogP contribution in [0.4, 0.5) is 0 Å². The summed E-state index contributed by atoms with van der Waals surface area (Å²) in [6, 6.07) is 13.0. The van der Waals surface area contributed by atoms with Crippen LogP contribution in [0.5, 0.6) is 0 Å². The molecule has 0 aliphatic heterocycles. The van der Waals surface area contributed by atoms with Crippen molar-refractivity contribution in [2.75, 3.05) is 0 Å². The highest BCUT2D eigenvalue weighted by molar-refractivity contribution is 9.10. The van der Waals surface area contributed by atoms with Crippen molar-refractivity contribution in [2.45, 2.75) is 0 Å². The van der Waals surface area contributed by atoms with Crippen molar-refractivity contribution in [1.82, 2.24) is 14.6 Å². The van der Waals surface area contributed by atoms with Crippen LogP contribution >= 0.6 is 27.5 Å². The molecule has 0 aliphatic rings. The number of halogens is 2. The van der Waals surface area contributed by atoms with Gasteiger partial charge in [-0.1, -0.05) is 39.7 Å². The average Bonchev–Trinajstić information content (AvgIpc) is 2.93. The highest BCUT2D eigenvalue weighted by Crippen LogP contribution is 2.24. The fourth-order valence-electron chi connectivity index (χ4n) is 2.52. The Labute approximate surface area is 149 Å². The van der Waals surface area contributed by atoms with Crippen LogP contribution in [0.3, 0.4) is 0 Å². The van der Waals surface area contributed by atoms with Crippen molar-refractivity contribution < 1.29 is 0 Å². The summed E-state index contributed by atoms with van der Waals surface area (Å²) < 4.78 is 2.13. The number of fused-ring (bicyclic) bond motifs is 3. The lowest BCUT2D eigenvalue weighted by molar-refractivity contribution is 0.815. The van der Waals surface area contributed by atoms with Gasteiger partial charge < -0.3 is 4.98 Å². The van der Waals surface area contributed by atoms with E-state index in [2.05, 4.69) is 31.0 Å². The van der Waals surface area contributed by atoms with Gasteiger partial charge in [-0.3, -0.25) is 4.79 Å². The van der Waals surface area contributed by atoms with Gasteiger partial charge in [-0.05, 0) is 35.9 Å². The molecule has 2 heterocycles. The highest BCUT2D eigenvalue weighted by atomic mass is 79.9. The maximum atomic E-state index is 12.6. The third kappa shape index (κ3) is 2.64. The van der Waals surface area contributed by atoms with Crippen LogP contribution in [-0.4, -0.2) is 20.9 Å². The molecule has 2 aromatic carbocycles. The molecular formula is C17H10BrClN4O. The molecule has 0 bridgehead atoms. The van der Waals surface area contributed by atoms with Crippen molar-refractivity contribution in [2.24, 2.45) is 5.10 Å². The normalized spacial score (nSPS) is 11.8. The molecule has 0 atom stereocenters. The lowest BCUT2D eigenvalue weighted by atomic mass is 10.2. The fraction of sp³-hybridized carbons (Fsp3) is 0. The Hall–Kier alpha value is -2.44. The number of H-pyrrole nitrogens is 1. The maximum Gasteiger partial charge on any atom is 0.298 e. The van der Waals surface area contributed by atoms with Gasteiger partial charge in [-0.15, -0.1) is 0 Å². The summed E-state index contributed by atoms with van der Waals surface area (Å²) in [5.74, 6) is 0. The van der Waals surface area contributed by atoms with E-state index in [9.17, 15) is 4.79 Å². The van der Waals surface area contributed by atoms with E-state index in [0.717, 1.165) is 20.9 Å². The quantitative estimate of drug-likeness (QED) is 0.512. The predicted octanol–water partition coefficient (Wildman–Crippen LogP) is 4.18. The van der Waals surface area contributed by atoms with Crippen molar-refractivity contribution in [3.63, 3.8) is 0 Å². The Balaban J connectivity index is 1.84. The molecule has 0 radical (unpaired) electrons. The van der Waals surface area contributed by atoms with Gasteiger partial charge >= 0.3 is 0 Å². The van der Waals surface area contributed by atoms with Crippen LogP contribution in [0, 0.1) is 0 Å². The van der Waals surface area contributed by atoms with Gasteiger partial charge in [0.2, 0.25) is 0 Å². The summed E-state index contributed by atoms with van der Waals surface area (Å²) in [6.45, 7) is 0. The van der Waals surface area contributed by atoms with Crippen LogP contribution in [0.25, 0.3) is 21.9 Å². The molecule has 4 rings (SSSR count). The molecule has 0 spiro atoms. The van der Waals surface area contributed by atoms with E-state index < -0.39 is 0 Å². The maximum absolute atomic E-state index is 12.6. The minimum atomic E-state index is -0.259. The largest absolute Gasteiger partial charge is 0.349 e. The molecule has 0 aliphatic carbocycles. The van der Waals surface area contributed by atoms with E-state index in [-0.39, 0.29) is 5.56 Å². The summed E-state index contributed by atoms with van der Waals surface area (Å²) >= 11 is 9.38. The molecule has 0 saturated carbocycles. The molecule has 7 heteroatoms. The van der Waals surface area contributed by atoms with Gasteiger partial charge in [0, 0.05) is 20.4 Å². The fourth-order valence-corrected chi connectivity index (χ4v) is 3.08. The molecule has 4 aromatic rings. The summed E-state index contributed by atoms with van der Waals surface area (Å²) in [5.41, 5.74) is 2.45. The zero-order valence-electron chi connectivity index (χ0n) is 12.2. The highest BCUT2D eigenvalue weighted by Gasteiger charge is 2.10. The first kappa shape index (κ1) is 15.1. The van der Waals surface area contributed by atoms with Gasteiger partial charge in [0.05, 0.1) is 6.21 Å². The predicted molar refractivity (Wildman–Crippen MR) is 100 cm³/mol. The first-order valence-electron chi connectivity index (χ1n) is 7.10. The minimum Gasteiger partial charge on any atom is -0.349 e. The second kappa shape index (κ2) is 5.89. The van der Waals surface area contributed by atoms with Crippen LogP contribution < -0.4 is 5.56 Å². The second-order valence-corrected chi connectivity index (χ2v) is 6.58. The Morgan fingerprint density at radius 2 is 2.12 bits per heavy atom. The van der Waals surface area contributed by atoms with Crippen LogP contribution in [0.2, 0.25) is 5.02 Å². The van der Waals surface area contributed by atoms with E-state index in [4.69, 9.17) is 11.6 Å². The number of benzene rings is 2. The van der Waals surface area contributed by atoms with Crippen LogP contribution in [0.1, 0.15) is 5.56 Å². The third-order valence-electron chi connectivity index (χ3n) is 3.63. The molecule has 24 heavy (non-hydrogen) atoms. The number of nitrogens with zero attached hydrogens (tertiary/aromatic N) is 3. The molecule has 0 amide bonds. The lowest BCUT2D eigenvalue weighted by Gasteiger charge is -1.98. The Morgan fingerprint density at radius 3 is 2.96 bits per heavy atom. The van der Waals surface area contributed by atoms with E-state index in [1.54, 1.807) is 18.3 Å². The molecular weight excluding hydrogens is 392 g/mol.